The van der Waals surface area contributed by atoms with Gasteiger partial charge in [-0.05, 0) is 35.7 Å². The lowest BCUT2D eigenvalue weighted by Gasteiger charge is -2.09. The van der Waals surface area contributed by atoms with Crippen LogP contribution in [-0.4, -0.2) is 20.7 Å². The van der Waals surface area contributed by atoms with Crippen LogP contribution in [0.15, 0.2) is 85.2 Å². The molecule has 2 aromatic carbocycles. The minimum Gasteiger partial charge on any atom is -0.372 e. The number of carbonyl (C=O) groups is 1. The molecule has 0 fully saturated rings. The predicted octanol–water partition coefficient (Wildman–Crippen LogP) is 4.22. The van der Waals surface area contributed by atoms with Gasteiger partial charge in [-0.3, -0.25) is 4.79 Å². The number of hydrogen-bond acceptors (Lipinski definition) is 4. The van der Waals surface area contributed by atoms with Gasteiger partial charge in [0, 0.05) is 12.7 Å². The average Bonchev–Trinajstić information content (AvgIpc) is 3.20. The summed E-state index contributed by atoms with van der Waals surface area (Å²) in [5, 5.41) is 7.29. The first-order valence-electron chi connectivity index (χ1n) is 10.1. The molecule has 0 aliphatic rings. The summed E-state index contributed by atoms with van der Waals surface area (Å²) in [6, 6.07) is 23.7. The maximum atomic E-state index is 12.7. The van der Waals surface area contributed by atoms with Crippen LogP contribution in [0.5, 0.6) is 0 Å². The monoisotopic (exact) mass is 412 g/mol. The lowest BCUT2D eigenvalue weighted by atomic mass is 10.1. The van der Waals surface area contributed by atoms with E-state index in [1.165, 1.54) is 0 Å². The summed E-state index contributed by atoms with van der Waals surface area (Å²) in [6.45, 7) is 3.38. The molecule has 0 bridgehead atoms. The second kappa shape index (κ2) is 9.82. The topological polar surface area (TPSA) is 69.0 Å². The molecular formula is C25H24N4O2. The third kappa shape index (κ3) is 5.24. The Balaban J connectivity index is 1.33. The first-order valence-corrected chi connectivity index (χ1v) is 10.1. The Morgan fingerprint density at radius 3 is 2.48 bits per heavy atom. The van der Waals surface area contributed by atoms with Gasteiger partial charge < -0.3 is 10.1 Å². The van der Waals surface area contributed by atoms with Gasteiger partial charge in [-0.2, -0.15) is 5.10 Å². The fourth-order valence-corrected chi connectivity index (χ4v) is 3.31. The summed E-state index contributed by atoms with van der Waals surface area (Å²) in [6.07, 6.45) is 3.28. The Labute approximate surface area is 181 Å². The van der Waals surface area contributed by atoms with Gasteiger partial charge in [-0.1, -0.05) is 60.7 Å². The number of benzene rings is 2. The van der Waals surface area contributed by atoms with E-state index in [-0.39, 0.29) is 5.91 Å². The van der Waals surface area contributed by atoms with Crippen molar-refractivity contribution >= 4 is 5.91 Å². The van der Waals surface area contributed by atoms with Gasteiger partial charge in [0.15, 0.2) is 5.82 Å². The zero-order valence-electron chi connectivity index (χ0n) is 17.4. The summed E-state index contributed by atoms with van der Waals surface area (Å²) in [4.78, 5) is 17.0. The van der Waals surface area contributed by atoms with E-state index < -0.39 is 0 Å². The molecule has 2 aromatic heterocycles. The van der Waals surface area contributed by atoms with E-state index in [0.29, 0.717) is 31.1 Å². The molecule has 2 heterocycles. The van der Waals surface area contributed by atoms with Gasteiger partial charge in [0.25, 0.3) is 5.91 Å². The Morgan fingerprint density at radius 2 is 1.68 bits per heavy atom. The molecule has 6 heteroatoms. The highest BCUT2D eigenvalue weighted by Gasteiger charge is 2.15. The molecule has 0 unspecified atom stereocenters. The van der Waals surface area contributed by atoms with Crippen LogP contribution in [-0.2, 0) is 24.5 Å². The van der Waals surface area contributed by atoms with Crippen LogP contribution in [0.25, 0.3) is 5.82 Å². The maximum absolute atomic E-state index is 12.7. The van der Waals surface area contributed by atoms with E-state index in [9.17, 15) is 4.79 Å². The van der Waals surface area contributed by atoms with Crippen LogP contribution in [0, 0.1) is 6.92 Å². The lowest BCUT2D eigenvalue weighted by molar-refractivity contribution is 0.0950. The van der Waals surface area contributed by atoms with Crippen molar-refractivity contribution in [3.05, 3.63) is 113 Å². The molecule has 0 spiro atoms. The van der Waals surface area contributed by atoms with Crippen molar-refractivity contribution in [2.24, 2.45) is 0 Å². The molecule has 6 nitrogen and oxygen atoms in total. The summed E-state index contributed by atoms with van der Waals surface area (Å²) in [5.41, 5.74) is 4.52. The molecule has 4 aromatic rings. The zero-order chi connectivity index (χ0) is 21.5. The Bertz CT molecular complexity index is 1140. The summed E-state index contributed by atoms with van der Waals surface area (Å²) in [7, 11) is 0. The van der Waals surface area contributed by atoms with Crippen molar-refractivity contribution in [3.8, 4) is 5.82 Å². The second-order valence-corrected chi connectivity index (χ2v) is 7.22. The number of hydrogen-bond donors (Lipinski definition) is 1. The number of amides is 1. The molecule has 156 valence electrons. The Kier molecular flexibility index (Phi) is 6.50. The number of carbonyl (C=O) groups excluding carboxylic acids is 1. The highest BCUT2D eigenvalue weighted by molar-refractivity contribution is 5.95. The van der Waals surface area contributed by atoms with Gasteiger partial charge in [0.2, 0.25) is 0 Å². The van der Waals surface area contributed by atoms with E-state index >= 15 is 0 Å². The molecule has 0 aliphatic heterocycles. The lowest BCUT2D eigenvalue weighted by Crippen LogP contribution is -2.23. The standard InChI is InChI=1S/C25H24N4O2/c1-19-23(16-28-29(19)24-12-5-6-13-26-24)25(30)27-15-21-10-7-11-22(14-21)18-31-17-20-8-3-2-4-9-20/h2-14,16H,15,17-18H2,1H3,(H,27,30). The maximum Gasteiger partial charge on any atom is 0.255 e. The molecule has 1 amide bonds. The fourth-order valence-electron chi connectivity index (χ4n) is 3.31. The molecule has 0 radical (unpaired) electrons. The van der Waals surface area contributed by atoms with Gasteiger partial charge >= 0.3 is 0 Å². The summed E-state index contributed by atoms with van der Waals surface area (Å²) >= 11 is 0. The quantitative estimate of drug-likeness (QED) is 0.470. The van der Waals surface area contributed by atoms with Crippen LogP contribution in [0.3, 0.4) is 0 Å². The molecule has 0 saturated heterocycles. The van der Waals surface area contributed by atoms with Gasteiger partial charge in [0.1, 0.15) is 0 Å². The number of ether oxygens (including phenoxy) is 1. The highest BCUT2D eigenvalue weighted by Crippen LogP contribution is 2.13. The molecule has 0 aliphatic carbocycles. The molecular weight excluding hydrogens is 388 g/mol. The minimum absolute atomic E-state index is 0.162. The van der Waals surface area contributed by atoms with Gasteiger partial charge in [0.05, 0.1) is 30.7 Å². The highest BCUT2D eigenvalue weighted by atomic mass is 16.5. The smallest absolute Gasteiger partial charge is 0.255 e. The minimum atomic E-state index is -0.162. The van der Waals surface area contributed by atoms with Crippen molar-refractivity contribution in [1.29, 1.82) is 0 Å². The zero-order valence-corrected chi connectivity index (χ0v) is 17.4. The SMILES string of the molecule is Cc1c(C(=O)NCc2cccc(COCc3ccccc3)c2)cnn1-c1ccccn1. The van der Waals surface area contributed by atoms with E-state index in [1.54, 1.807) is 17.1 Å². The molecule has 1 N–H and O–H groups in total. The van der Waals surface area contributed by atoms with Crippen LogP contribution >= 0.6 is 0 Å². The van der Waals surface area contributed by atoms with Gasteiger partial charge in [-0.15, -0.1) is 0 Å². The Morgan fingerprint density at radius 1 is 0.935 bits per heavy atom. The Hall–Kier alpha value is -3.77. The third-order valence-electron chi connectivity index (χ3n) is 4.95. The van der Waals surface area contributed by atoms with Crippen molar-refractivity contribution < 1.29 is 9.53 Å². The van der Waals surface area contributed by atoms with Crippen molar-refractivity contribution in [3.63, 3.8) is 0 Å². The van der Waals surface area contributed by atoms with Gasteiger partial charge in [-0.25, -0.2) is 9.67 Å². The molecule has 31 heavy (non-hydrogen) atoms. The normalized spacial score (nSPS) is 10.7. The van der Waals surface area contributed by atoms with Crippen LogP contribution < -0.4 is 5.32 Å². The largest absolute Gasteiger partial charge is 0.372 e. The van der Waals surface area contributed by atoms with Crippen molar-refractivity contribution in [2.75, 3.05) is 0 Å². The number of pyridine rings is 1. The van der Waals surface area contributed by atoms with E-state index in [2.05, 4.69) is 21.5 Å². The van der Waals surface area contributed by atoms with Crippen LogP contribution in [0.1, 0.15) is 32.7 Å². The van der Waals surface area contributed by atoms with Crippen LogP contribution in [0.4, 0.5) is 0 Å². The average molecular weight is 412 g/mol. The van der Waals surface area contributed by atoms with E-state index in [0.717, 1.165) is 22.4 Å². The fraction of sp³-hybridized carbons (Fsp3) is 0.160. The number of nitrogens with one attached hydrogen (secondary N) is 1. The third-order valence-corrected chi connectivity index (χ3v) is 4.95. The summed E-state index contributed by atoms with van der Waals surface area (Å²) < 4.78 is 7.48. The molecule has 0 atom stereocenters. The number of rotatable bonds is 8. The molecule has 0 saturated carbocycles. The molecule has 4 rings (SSSR count). The first-order chi connectivity index (χ1) is 15.2. The number of aromatic nitrogens is 3. The predicted molar refractivity (Wildman–Crippen MR) is 119 cm³/mol. The number of nitrogens with zero attached hydrogens (tertiary/aromatic N) is 3. The second-order valence-electron chi connectivity index (χ2n) is 7.22. The summed E-state index contributed by atoms with van der Waals surface area (Å²) in [5.74, 6) is 0.521. The first kappa shape index (κ1) is 20.5. The van der Waals surface area contributed by atoms with E-state index in [1.807, 2.05) is 73.7 Å². The van der Waals surface area contributed by atoms with Crippen molar-refractivity contribution in [2.45, 2.75) is 26.7 Å². The van der Waals surface area contributed by atoms with Crippen molar-refractivity contribution in [1.82, 2.24) is 20.1 Å². The van der Waals surface area contributed by atoms with E-state index in [4.69, 9.17) is 4.74 Å². The van der Waals surface area contributed by atoms with Crippen LogP contribution in [0.2, 0.25) is 0 Å².